The van der Waals surface area contributed by atoms with E-state index in [-0.39, 0.29) is 0 Å². The van der Waals surface area contributed by atoms with Crippen molar-refractivity contribution in [1.82, 2.24) is 5.32 Å². The first-order valence-corrected chi connectivity index (χ1v) is 5.09. The maximum atomic E-state index is 5.68. The Labute approximate surface area is 75.7 Å². The van der Waals surface area contributed by atoms with Gasteiger partial charge in [-0.05, 0) is 25.3 Å². The molecule has 0 aromatic carbocycles. The first-order chi connectivity index (χ1) is 5.74. The number of ether oxygens (including phenoxy) is 1. The van der Waals surface area contributed by atoms with Crippen LogP contribution in [0.25, 0.3) is 0 Å². The molecule has 1 aliphatic rings. The molecule has 0 aromatic rings. The van der Waals surface area contributed by atoms with Crippen LogP contribution >= 0.6 is 0 Å². The SMILES string of the molecule is CCNC1CCOC(C(C)C)C1. The van der Waals surface area contributed by atoms with E-state index in [1.807, 2.05) is 0 Å². The van der Waals surface area contributed by atoms with Crippen LogP contribution in [-0.4, -0.2) is 25.3 Å². The summed E-state index contributed by atoms with van der Waals surface area (Å²) in [6.07, 6.45) is 2.84. The quantitative estimate of drug-likeness (QED) is 0.699. The van der Waals surface area contributed by atoms with E-state index in [0.717, 1.165) is 13.2 Å². The van der Waals surface area contributed by atoms with Crippen LogP contribution in [0.1, 0.15) is 33.6 Å². The molecule has 1 aliphatic heterocycles. The van der Waals surface area contributed by atoms with Gasteiger partial charge in [0.1, 0.15) is 0 Å². The highest BCUT2D eigenvalue weighted by molar-refractivity contribution is 4.77. The van der Waals surface area contributed by atoms with E-state index < -0.39 is 0 Å². The standard InChI is InChI=1S/C10H21NO/c1-4-11-9-5-6-12-10(7-9)8(2)3/h8-11H,4-7H2,1-3H3. The summed E-state index contributed by atoms with van der Waals surface area (Å²) in [6.45, 7) is 8.65. The van der Waals surface area contributed by atoms with Gasteiger partial charge in [-0.2, -0.15) is 0 Å². The Morgan fingerprint density at radius 3 is 2.83 bits per heavy atom. The lowest BCUT2D eigenvalue weighted by atomic mass is 9.95. The Kier molecular flexibility index (Phi) is 4.02. The van der Waals surface area contributed by atoms with E-state index in [2.05, 4.69) is 26.1 Å². The molecule has 1 heterocycles. The Bertz CT molecular complexity index is 123. The van der Waals surface area contributed by atoms with Crippen LogP contribution in [0, 0.1) is 5.92 Å². The summed E-state index contributed by atoms with van der Waals surface area (Å²) in [5.41, 5.74) is 0. The van der Waals surface area contributed by atoms with Crippen molar-refractivity contribution in [2.75, 3.05) is 13.2 Å². The number of rotatable bonds is 3. The fraction of sp³-hybridized carbons (Fsp3) is 1.00. The second kappa shape index (κ2) is 4.83. The zero-order chi connectivity index (χ0) is 8.97. The average Bonchev–Trinajstić information content (AvgIpc) is 2.05. The van der Waals surface area contributed by atoms with Gasteiger partial charge in [-0.3, -0.25) is 0 Å². The first kappa shape index (κ1) is 10.0. The lowest BCUT2D eigenvalue weighted by Gasteiger charge is -2.32. The van der Waals surface area contributed by atoms with Gasteiger partial charge in [0.2, 0.25) is 0 Å². The highest BCUT2D eigenvalue weighted by Gasteiger charge is 2.23. The van der Waals surface area contributed by atoms with Gasteiger partial charge in [0.25, 0.3) is 0 Å². The van der Waals surface area contributed by atoms with Crippen molar-refractivity contribution in [3.63, 3.8) is 0 Å². The fourth-order valence-electron chi connectivity index (χ4n) is 1.77. The number of nitrogens with one attached hydrogen (secondary N) is 1. The second-order valence-electron chi connectivity index (χ2n) is 3.93. The zero-order valence-corrected chi connectivity index (χ0v) is 8.47. The van der Waals surface area contributed by atoms with Gasteiger partial charge in [-0.1, -0.05) is 20.8 Å². The molecule has 0 amide bonds. The third kappa shape index (κ3) is 2.76. The predicted molar refractivity (Wildman–Crippen MR) is 51.3 cm³/mol. The maximum Gasteiger partial charge on any atom is 0.0612 e. The molecule has 1 rings (SSSR count). The molecule has 0 saturated carbocycles. The highest BCUT2D eigenvalue weighted by Crippen LogP contribution is 2.19. The number of hydrogen-bond donors (Lipinski definition) is 1. The van der Waals surface area contributed by atoms with Crippen LogP contribution in [0.4, 0.5) is 0 Å². The van der Waals surface area contributed by atoms with Crippen LogP contribution in [0.3, 0.4) is 0 Å². The van der Waals surface area contributed by atoms with E-state index in [1.165, 1.54) is 12.8 Å². The van der Waals surface area contributed by atoms with E-state index in [1.54, 1.807) is 0 Å². The average molecular weight is 171 g/mol. The zero-order valence-electron chi connectivity index (χ0n) is 8.47. The van der Waals surface area contributed by atoms with E-state index in [4.69, 9.17) is 4.74 Å². The largest absolute Gasteiger partial charge is 0.378 e. The highest BCUT2D eigenvalue weighted by atomic mass is 16.5. The third-order valence-electron chi connectivity index (χ3n) is 2.55. The second-order valence-corrected chi connectivity index (χ2v) is 3.93. The summed E-state index contributed by atoms with van der Waals surface area (Å²) in [5.74, 6) is 0.659. The molecular formula is C10H21NO. The summed E-state index contributed by atoms with van der Waals surface area (Å²) in [7, 11) is 0. The molecule has 2 nitrogen and oxygen atoms in total. The third-order valence-corrected chi connectivity index (χ3v) is 2.55. The van der Waals surface area contributed by atoms with Gasteiger partial charge in [-0.15, -0.1) is 0 Å². The van der Waals surface area contributed by atoms with Crippen molar-refractivity contribution < 1.29 is 4.74 Å². The van der Waals surface area contributed by atoms with E-state index >= 15 is 0 Å². The molecule has 0 spiro atoms. The predicted octanol–water partition coefficient (Wildman–Crippen LogP) is 1.80. The molecule has 72 valence electrons. The molecule has 0 radical (unpaired) electrons. The van der Waals surface area contributed by atoms with Gasteiger partial charge in [-0.25, -0.2) is 0 Å². The van der Waals surface area contributed by atoms with Crippen LogP contribution in [0.5, 0.6) is 0 Å². The molecule has 0 bridgehead atoms. The smallest absolute Gasteiger partial charge is 0.0612 e. The van der Waals surface area contributed by atoms with Gasteiger partial charge in [0.15, 0.2) is 0 Å². The minimum absolute atomic E-state index is 0.475. The fourth-order valence-corrected chi connectivity index (χ4v) is 1.77. The Hall–Kier alpha value is -0.0800. The molecule has 2 heteroatoms. The van der Waals surface area contributed by atoms with E-state index in [9.17, 15) is 0 Å². The summed E-state index contributed by atoms with van der Waals surface area (Å²) in [5, 5.41) is 3.49. The van der Waals surface area contributed by atoms with Crippen LogP contribution in [0.2, 0.25) is 0 Å². The maximum absolute atomic E-state index is 5.68. The minimum atomic E-state index is 0.475. The van der Waals surface area contributed by atoms with Crippen molar-refractivity contribution >= 4 is 0 Å². The van der Waals surface area contributed by atoms with Gasteiger partial charge in [0.05, 0.1) is 6.10 Å². The summed E-state index contributed by atoms with van der Waals surface area (Å²) >= 11 is 0. The topological polar surface area (TPSA) is 21.3 Å². The lowest BCUT2D eigenvalue weighted by molar-refractivity contribution is -0.0240. The van der Waals surface area contributed by atoms with Gasteiger partial charge >= 0.3 is 0 Å². The van der Waals surface area contributed by atoms with Crippen molar-refractivity contribution in [1.29, 1.82) is 0 Å². The molecular weight excluding hydrogens is 150 g/mol. The summed E-state index contributed by atoms with van der Waals surface area (Å²) < 4.78 is 5.68. The molecule has 1 saturated heterocycles. The van der Waals surface area contributed by atoms with Crippen molar-refractivity contribution in [3.8, 4) is 0 Å². The molecule has 2 atom stereocenters. The molecule has 0 aromatic heterocycles. The van der Waals surface area contributed by atoms with Gasteiger partial charge < -0.3 is 10.1 Å². The Morgan fingerprint density at radius 1 is 1.50 bits per heavy atom. The summed E-state index contributed by atoms with van der Waals surface area (Å²) in [6, 6.07) is 0.691. The molecule has 2 unspecified atom stereocenters. The molecule has 0 aliphatic carbocycles. The summed E-state index contributed by atoms with van der Waals surface area (Å²) in [4.78, 5) is 0. The minimum Gasteiger partial charge on any atom is -0.378 e. The van der Waals surface area contributed by atoms with Crippen molar-refractivity contribution in [3.05, 3.63) is 0 Å². The van der Waals surface area contributed by atoms with Gasteiger partial charge in [0, 0.05) is 12.6 Å². The monoisotopic (exact) mass is 171 g/mol. The van der Waals surface area contributed by atoms with E-state index in [0.29, 0.717) is 18.1 Å². The Morgan fingerprint density at radius 2 is 2.25 bits per heavy atom. The normalized spacial score (nSPS) is 31.0. The van der Waals surface area contributed by atoms with Crippen LogP contribution in [-0.2, 0) is 4.74 Å². The van der Waals surface area contributed by atoms with Crippen molar-refractivity contribution in [2.24, 2.45) is 5.92 Å². The van der Waals surface area contributed by atoms with Crippen LogP contribution in [0.15, 0.2) is 0 Å². The first-order valence-electron chi connectivity index (χ1n) is 5.09. The molecule has 1 N–H and O–H groups in total. The number of hydrogen-bond acceptors (Lipinski definition) is 2. The molecule has 1 fully saturated rings. The lowest BCUT2D eigenvalue weighted by Crippen LogP contribution is -2.40. The molecule has 12 heavy (non-hydrogen) atoms. The Balaban J connectivity index is 2.30. The van der Waals surface area contributed by atoms with Crippen molar-refractivity contribution in [2.45, 2.75) is 45.8 Å². The van der Waals surface area contributed by atoms with Crippen LogP contribution < -0.4 is 5.32 Å².